The van der Waals surface area contributed by atoms with Crippen LogP contribution in [0, 0.1) is 0 Å². The molecule has 0 aromatic rings. The largest absolute Gasteiger partial charge is 0.480 e. The van der Waals surface area contributed by atoms with E-state index in [9.17, 15) is 23.8 Å². The highest BCUT2D eigenvalue weighted by molar-refractivity contribution is 7.47. The smallest absolute Gasteiger partial charge is 0.472 e. The predicted molar refractivity (Wildman–Crippen MR) is 231 cm³/mol. The molecule has 0 spiro atoms. The molecule has 57 heavy (non-hydrogen) atoms. The summed E-state index contributed by atoms with van der Waals surface area (Å²) < 4.78 is 32.7. The average molecular weight is 826 g/mol. The minimum absolute atomic E-state index is 0.124. The Balaban J connectivity index is 4.40. The number of hydrogen-bond donors (Lipinski definition) is 3. The van der Waals surface area contributed by atoms with Crippen molar-refractivity contribution in [1.82, 2.24) is 0 Å². The molecule has 0 heterocycles. The van der Waals surface area contributed by atoms with E-state index >= 15 is 0 Å². The molecule has 0 aromatic carbocycles. The van der Waals surface area contributed by atoms with Gasteiger partial charge in [0.25, 0.3) is 0 Å². The van der Waals surface area contributed by atoms with E-state index in [1.165, 1.54) is 83.5 Å². The maximum Gasteiger partial charge on any atom is 0.472 e. The number of ether oxygens (including phenoxy) is 2. The van der Waals surface area contributed by atoms with Gasteiger partial charge in [-0.25, -0.2) is 4.57 Å². The third kappa shape index (κ3) is 40.0. The second-order valence-corrected chi connectivity index (χ2v) is 16.3. The SMILES string of the molecule is CCC/C=C/C/C=C/C/C=C/C/C=C/CCCCCC(=O)O[C@H](COC(=O)CCCCCCCCCCCCCCCCCC)COP(=O)(O)OC[C@H](N)C(=O)O. The second kappa shape index (κ2) is 40.2. The van der Waals surface area contributed by atoms with Crippen molar-refractivity contribution in [2.75, 3.05) is 19.8 Å². The van der Waals surface area contributed by atoms with Crippen molar-refractivity contribution < 1.29 is 47.5 Å². The molecule has 0 amide bonds. The average Bonchev–Trinajstić information content (AvgIpc) is 3.19. The van der Waals surface area contributed by atoms with Crippen LogP contribution in [0.2, 0.25) is 0 Å². The minimum atomic E-state index is -4.72. The molecule has 0 rings (SSSR count). The predicted octanol–water partition coefficient (Wildman–Crippen LogP) is 11.8. The lowest BCUT2D eigenvalue weighted by molar-refractivity contribution is -0.161. The van der Waals surface area contributed by atoms with Crippen molar-refractivity contribution in [2.24, 2.45) is 5.73 Å². The summed E-state index contributed by atoms with van der Waals surface area (Å²) in [5, 5.41) is 8.89. The normalized spacial score (nSPS) is 14.2. The van der Waals surface area contributed by atoms with E-state index in [-0.39, 0.29) is 19.4 Å². The first-order valence-electron chi connectivity index (χ1n) is 22.2. The molecule has 0 saturated heterocycles. The topological polar surface area (TPSA) is 172 Å². The van der Waals surface area contributed by atoms with Gasteiger partial charge in [-0.05, 0) is 51.4 Å². The summed E-state index contributed by atoms with van der Waals surface area (Å²) in [7, 11) is -4.72. The Hall–Kier alpha value is -2.56. The molecule has 0 bridgehead atoms. The van der Waals surface area contributed by atoms with Gasteiger partial charge in [0.15, 0.2) is 6.10 Å². The van der Waals surface area contributed by atoms with Gasteiger partial charge in [0.2, 0.25) is 0 Å². The first-order chi connectivity index (χ1) is 27.6. The maximum atomic E-state index is 12.6. The third-order valence-corrected chi connectivity index (χ3v) is 10.3. The number of carboxylic acids is 1. The lowest BCUT2D eigenvalue weighted by Crippen LogP contribution is -2.34. The van der Waals surface area contributed by atoms with Crippen LogP contribution >= 0.6 is 7.82 Å². The number of esters is 2. The van der Waals surface area contributed by atoms with Gasteiger partial charge in [-0.2, -0.15) is 0 Å². The van der Waals surface area contributed by atoms with Crippen molar-refractivity contribution in [1.29, 1.82) is 0 Å². The van der Waals surface area contributed by atoms with E-state index in [2.05, 4.69) is 67.0 Å². The van der Waals surface area contributed by atoms with Crippen LogP contribution in [0.3, 0.4) is 0 Å². The van der Waals surface area contributed by atoms with E-state index in [4.69, 9.17) is 24.8 Å². The Morgan fingerprint density at radius 3 is 1.46 bits per heavy atom. The highest BCUT2D eigenvalue weighted by Crippen LogP contribution is 2.43. The van der Waals surface area contributed by atoms with Crippen LogP contribution in [0.15, 0.2) is 48.6 Å². The number of phosphoric ester groups is 1. The molecular formula is C45H80NO10P. The molecule has 0 radical (unpaired) electrons. The Morgan fingerprint density at radius 2 is 0.965 bits per heavy atom. The summed E-state index contributed by atoms with van der Waals surface area (Å²) in [5.74, 6) is -2.42. The Bertz CT molecular complexity index is 1150. The molecule has 0 aliphatic carbocycles. The summed E-state index contributed by atoms with van der Waals surface area (Å²) in [6, 6.07) is -1.53. The first kappa shape index (κ1) is 54.4. The van der Waals surface area contributed by atoms with Gasteiger partial charge in [0.1, 0.15) is 12.6 Å². The van der Waals surface area contributed by atoms with Gasteiger partial charge >= 0.3 is 25.7 Å². The molecule has 0 fully saturated rings. The summed E-state index contributed by atoms with van der Waals surface area (Å²) in [4.78, 5) is 46.0. The number of aliphatic carboxylic acids is 1. The number of carboxylic acid groups (broad SMARTS) is 1. The molecule has 330 valence electrons. The van der Waals surface area contributed by atoms with Crippen LogP contribution in [-0.2, 0) is 37.5 Å². The third-order valence-electron chi connectivity index (χ3n) is 9.31. The number of carbonyl (C=O) groups excluding carboxylic acids is 2. The molecule has 12 heteroatoms. The van der Waals surface area contributed by atoms with Crippen molar-refractivity contribution in [2.45, 2.75) is 199 Å². The number of carbonyl (C=O) groups is 3. The van der Waals surface area contributed by atoms with Gasteiger partial charge in [-0.3, -0.25) is 23.4 Å². The van der Waals surface area contributed by atoms with Crippen LogP contribution in [0.25, 0.3) is 0 Å². The number of allylic oxidation sites excluding steroid dienone is 8. The molecular weight excluding hydrogens is 745 g/mol. The molecule has 0 aromatic heterocycles. The van der Waals surface area contributed by atoms with Crippen molar-refractivity contribution in [3.8, 4) is 0 Å². The zero-order chi connectivity index (χ0) is 42.1. The zero-order valence-electron chi connectivity index (χ0n) is 35.7. The quantitative estimate of drug-likeness (QED) is 0.0232. The van der Waals surface area contributed by atoms with Gasteiger partial charge in [-0.1, -0.05) is 172 Å². The summed E-state index contributed by atoms with van der Waals surface area (Å²) in [6.07, 6.45) is 44.6. The second-order valence-electron chi connectivity index (χ2n) is 14.8. The molecule has 0 aliphatic heterocycles. The molecule has 11 nitrogen and oxygen atoms in total. The lowest BCUT2D eigenvalue weighted by atomic mass is 10.0. The number of rotatable bonds is 41. The van der Waals surface area contributed by atoms with Crippen molar-refractivity contribution in [3.63, 3.8) is 0 Å². The van der Waals surface area contributed by atoms with E-state index in [0.717, 1.165) is 64.2 Å². The highest BCUT2D eigenvalue weighted by atomic mass is 31.2. The van der Waals surface area contributed by atoms with Gasteiger partial charge in [0, 0.05) is 12.8 Å². The molecule has 0 aliphatic rings. The number of unbranched alkanes of at least 4 members (excludes halogenated alkanes) is 19. The van der Waals surface area contributed by atoms with Gasteiger partial charge in [0.05, 0.1) is 13.2 Å². The molecule has 3 atom stereocenters. The van der Waals surface area contributed by atoms with Gasteiger partial charge < -0.3 is 25.2 Å². The van der Waals surface area contributed by atoms with Crippen LogP contribution < -0.4 is 5.73 Å². The van der Waals surface area contributed by atoms with Crippen LogP contribution in [-0.4, -0.2) is 59.9 Å². The van der Waals surface area contributed by atoms with E-state index in [0.29, 0.717) is 12.8 Å². The van der Waals surface area contributed by atoms with Crippen LogP contribution in [0.4, 0.5) is 0 Å². The Labute approximate surface area is 345 Å². The lowest BCUT2D eigenvalue weighted by Gasteiger charge is -2.20. The van der Waals surface area contributed by atoms with Gasteiger partial charge in [-0.15, -0.1) is 0 Å². The Kier molecular flexibility index (Phi) is 38.4. The fourth-order valence-electron chi connectivity index (χ4n) is 5.82. The maximum absolute atomic E-state index is 12.6. The summed E-state index contributed by atoms with van der Waals surface area (Å²) >= 11 is 0. The van der Waals surface area contributed by atoms with E-state index < -0.39 is 51.1 Å². The standard InChI is InChI=1S/C45H80NO10P/c1-3-5-7-9-11-13-15-17-19-21-23-25-27-29-31-33-35-37-44(48)56-41(39-54-57(51,52)55-40-42(46)45(49)50)38-53-43(47)36-34-32-30-28-26-24-22-20-18-16-14-12-10-8-6-4-2/h7,9,13,15,19,21,25,27,41-42H,3-6,8,10-12,14,16-18,20,22-24,26,28-40,46H2,1-2H3,(H,49,50)(H,51,52)/b9-7+,15-13+,21-19+,27-25+/t41-,42+/m1/s1. The fraction of sp³-hybridized carbons (Fsp3) is 0.756. The molecule has 4 N–H and O–H groups in total. The van der Waals surface area contributed by atoms with Crippen LogP contribution in [0.5, 0.6) is 0 Å². The van der Waals surface area contributed by atoms with E-state index in [1.807, 2.05) is 0 Å². The highest BCUT2D eigenvalue weighted by Gasteiger charge is 2.28. The van der Waals surface area contributed by atoms with E-state index in [1.54, 1.807) is 0 Å². The fourth-order valence-corrected chi connectivity index (χ4v) is 6.60. The first-order valence-corrected chi connectivity index (χ1v) is 23.7. The van der Waals surface area contributed by atoms with Crippen molar-refractivity contribution in [3.05, 3.63) is 48.6 Å². The number of phosphoric acid groups is 1. The zero-order valence-corrected chi connectivity index (χ0v) is 36.6. The molecule has 1 unspecified atom stereocenters. The minimum Gasteiger partial charge on any atom is -0.480 e. The number of hydrogen-bond acceptors (Lipinski definition) is 9. The van der Waals surface area contributed by atoms with Crippen LogP contribution in [0.1, 0.15) is 187 Å². The summed E-state index contributed by atoms with van der Waals surface area (Å²) in [6.45, 7) is 2.71. The molecule has 0 saturated carbocycles. The monoisotopic (exact) mass is 826 g/mol. The Morgan fingerprint density at radius 1 is 0.544 bits per heavy atom. The summed E-state index contributed by atoms with van der Waals surface area (Å²) in [5.41, 5.74) is 5.33. The van der Waals surface area contributed by atoms with Crippen molar-refractivity contribution >= 4 is 25.7 Å². The number of nitrogens with two attached hydrogens (primary N) is 1.